The molecule has 0 amide bonds. The van der Waals surface area contributed by atoms with E-state index in [1.54, 1.807) is 0 Å². The third kappa shape index (κ3) is 11.3. The second-order valence-corrected chi connectivity index (χ2v) is 6.78. The van der Waals surface area contributed by atoms with Gasteiger partial charge in [0.25, 0.3) is 5.69 Å². The molecule has 7 heteroatoms. The molecule has 0 aromatic heterocycles. The van der Waals surface area contributed by atoms with Crippen LogP contribution < -0.4 is 4.74 Å². The van der Waals surface area contributed by atoms with Gasteiger partial charge in [0.1, 0.15) is 5.75 Å². The minimum atomic E-state index is -0.539. The van der Waals surface area contributed by atoms with E-state index in [4.69, 9.17) is 9.47 Å². The number of rotatable bonds is 15. The number of unbranched alkanes of at least 4 members (excludes halogenated alkanes) is 7. The summed E-state index contributed by atoms with van der Waals surface area (Å²) in [5, 5.41) is 10.7. The SMILES string of the molecule is CCCCCCCCOC(=O)CCCCCC(=O)Oc1cccc([N+](=O)[O-])c1. The Morgan fingerprint density at radius 3 is 2.29 bits per heavy atom. The molecular weight excluding hydrogens is 362 g/mol. The van der Waals surface area contributed by atoms with Gasteiger partial charge in [-0.15, -0.1) is 0 Å². The van der Waals surface area contributed by atoms with Gasteiger partial charge in [-0.2, -0.15) is 0 Å². The predicted octanol–water partition coefficient (Wildman–Crippen LogP) is 5.35. The lowest BCUT2D eigenvalue weighted by Gasteiger charge is -2.06. The highest BCUT2D eigenvalue weighted by Gasteiger charge is 2.10. The number of hydrogen-bond acceptors (Lipinski definition) is 6. The van der Waals surface area contributed by atoms with E-state index in [1.807, 2.05) is 0 Å². The number of benzene rings is 1. The van der Waals surface area contributed by atoms with E-state index in [2.05, 4.69) is 6.92 Å². The van der Waals surface area contributed by atoms with Gasteiger partial charge in [-0.25, -0.2) is 0 Å². The van der Waals surface area contributed by atoms with E-state index in [0.29, 0.717) is 25.9 Å². The van der Waals surface area contributed by atoms with Crippen LogP contribution in [0.4, 0.5) is 5.69 Å². The zero-order valence-electron chi connectivity index (χ0n) is 16.7. The molecule has 156 valence electrons. The van der Waals surface area contributed by atoms with Gasteiger partial charge in [-0.05, 0) is 25.3 Å². The second-order valence-electron chi connectivity index (χ2n) is 6.78. The lowest BCUT2D eigenvalue weighted by Crippen LogP contribution is -2.08. The van der Waals surface area contributed by atoms with Crippen LogP contribution in [0, 0.1) is 10.1 Å². The molecular formula is C21H31NO6. The summed E-state index contributed by atoms with van der Waals surface area (Å²) in [6, 6.07) is 5.53. The average Bonchev–Trinajstić information content (AvgIpc) is 2.67. The standard InChI is InChI=1S/C21H31NO6/c1-2-3-4-5-6-10-16-27-20(23)14-8-7-9-15-21(24)28-19-13-11-12-18(17-19)22(25)26/h11-13,17H,2-10,14-16H2,1H3. The van der Waals surface area contributed by atoms with Crippen LogP contribution in [0.2, 0.25) is 0 Å². The van der Waals surface area contributed by atoms with Crippen LogP contribution in [0.3, 0.4) is 0 Å². The molecule has 0 atom stereocenters. The van der Waals surface area contributed by atoms with Crippen molar-refractivity contribution in [3.05, 3.63) is 34.4 Å². The molecule has 1 aromatic carbocycles. The van der Waals surface area contributed by atoms with Crippen LogP contribution in [0.5, 0.6) is 5.75 Å². The average molecular weight is 393 g/mol. The predicted molar refractivity (Wildman–Crippen MR) is 106 cm³/mol. The van der Waals surface area contributed by atoms with Crippen LogP contribution in [0.15, 0.2) is 24.3 Å². The maximum Gasteiger partial charge on any atom is 0.311 e. The Balaban J connectivity index is 2.04. The summed E-state index contributed by atoms with van der Waals surface area (Å²) in [6.07, 6.45) is 9.48. The van der Waals surface area contributed by atoms with Gasteiger partial charge in [0.05, 0.1) is 17.6 Å². The van der Waals surface area contributed by atoms with E-state index >= 15 is 0 Å². The molecule has 0 unspecified atom stereocenters. The topological polar surface area (TPSA) is 95.7 Å². The van der Waals surface area contributed by atoms with Gasteiger partial charge in [-0.1, -0.05) is 51.5 Å². The molecule has 0 aliphatic rings. The monoisotopic (exact) mass is 393 g/mol. The fourth-order valence-electron chi connectivity index (χ4n) is 2.70. The second kappa shape index (κ2) is 14.6. The van der Waals surface area contributed by atoms with Crippen molar-refractivity contribution in [2.45, 2.75) is 77.6 Å². The number of carbonyl (C=O) groups excluding carboxylic acids is 2. The smallest absolute Gasteiger partial charge is 0.311 e. The molecule has 0 bridgehead atoms. The molecule has 0 aliphatic heterocycles. The van der Waals surface area contributed by atoms with Gasteiger partial charge >= 0.3 is 11.9 Å². The van der Waals surface area contributed by atoms with Crippen molar-refractivity contribution in [1.29, 1.82) is 0 Å². The Hall–Kier alpha value is -2.44. The van der Waals surface area contributed by atoms with Crippen LogP contribution in [0.25, 0.3) is 0 Å². The first-order chi connectivity index (χ1) is 13.5. The summed E-state index contributed by atoms with van der Waals surface area (Å²) in [7, 11) is 0. The molecule has 0 heterocycles. The summed E-state index contributed by atoms with van der Waals surface area (Å²) in [5.74, 6) is -0.462. The van der Waals surface area contributed by atoms with Crippen molar-refractivity contribution in [3.63, 3.8) is 0 Å². The minimum absolute atomic E-state index is 0.121. The zero-order chi connectivity index (χ0) is 20.6. The molecule has 1 aromatic rings. The third-order valence-corrected chi connectivity index (χ3v) is 4.28. The number of non-ortho nitro benzene ring substituents is 1. The molecule has 0 fully saturated rings. The Bertz CT molecular complexity index is 617. The van der Waals surface area contributed by atoms with E-state index in [0.717, 1.165) is 19.3 Å². The molecule has 0 saturated heterocycles. The molecule has 0 aliphatic carbocycles. The van der Waals surface area contributed by atoms with Crippen LogP contribution in [-0.2, 0) is 14.3 Å². The van der Waals surface area contributed by atoms with Crippen LogP contribution in [-0.4, -0.2) is 23.5 Å². The molecule has 7 nitrogen and oxygen atoms in total. The van der Waals surface area contributed by atoms with Crippen molar-refractivity contribution in [2.24, 2.45) is 0 Å². The maximum absolute atomic E-state index is 11.8. The Morgan fingerprint density at radius 2 is 1.57 bits per heavy atom. The number of ether oxygens (including phenoxy) is 2. The fourth-order valence-corrected chi connectivity index (χ4v) is 2.70. The van der Waals surface area contributed by atoms with Crippen molar-refractivity contribution >= 4 is 17.6 Å². The van der Waals surface area contributed by atoms with Gasteiger partial charge in [0.15, 0.2) is 0 Å². The lowest BCUT2D eigenvalue weighted by atomic mass is 10.1. The van der Waals surface area contributed by atoms with Crippen molar-refractivity contribution < 1.29 is 24.0 Å². The highest BCUT2D eigenvalue weighted by Crippen LogP contribution is 2.19. The summed E-state index contributed by atoms with van der Waals surface area (Å²) in [6.45, 7) is 2.67. The molecule has 0 N–H and O–H groups in total. The maximum atomic E-state index is 11.8. The summed E-state index contributed by atoms with van der Waals surface area (Å²) >= 11 is 0. The van der Waals surface area contributed by atoms with Gasteiger partial charge in [-0.3, -0.25) is 19.7 Å². The minimum Gasteiger partial charge on any atom is -0.466 e. The highest BCUT2D eigenvalue weighted by atomic mass is 16.6. The number of carbonyl (C=O) groups is 2. The van der Waals surface area contributed by atoms with Crippen molar-refractivity contribution in [2.75, 3.05) is 6.61 Å². The normalized spacial score (nSPS) is 10.5. The molecule has 0 saturated carbocycles. The van der Waals surface area contributed by atoms with E-state index in [9.17, 15) is 19.7 Å². The van der Waals surface area contributed by atoms with Gasteiger partial charge < -0.3 is 9.47 Å². The highest BCUT2D eigenvalue weighted by molar-refractivity contribution is 5.72. The van der Waals surface area contributed by atoms with E-state index in [1.165, 1.54) is 49.9 Å². The Kier molecular flexibility index (Phi) is 12.3. The number of nitrogens with zero attached hydrogens (tertiary/aromatic N) is 1. The number of nitro benzene ring substituents is 1. The Labute approximate surface area is 166 Å². The first-order valence-corrected chi connectivity index (χ1v) is 10.1. The number of esters is 2. The fraction of sp³-hybridized carbons (Fsp3) is 0.619. The summed E-state index contributed by atoms with van der Waals surface area (Å²) < 4.78 is 10.3. The van der Waals surface area contributed by atoms with Gasteiger partial charge in [0.2, 0.25) is 0 Å². The first kappa shape index (κ1) is 23.6. The van der Waals surface area contributed by atoms with Crippen LogP contribution in [0.1, 0.15) is 77.6 Å². The molecule has 1 rings (SSSR count). The molecule has 0 spiro atoms. The quantitative estimate of drug-likeness (QED) is 0.131. The van der Waals surface area contributed by atoms with Gasteiger partial charge in [0, 0.05) is 18.9 Å². The van der Waals surface area contributed by atoms with Crippen molar-refractivity contribution in [3.8, 4) is 5.75 Å². The first-order valence-electron chi connectivity index (χ1n) is 10.1. The van der Waals surface area contributed by atoms with Crippen molar-refractivity contribution in [1.82, 2.24) is 0 Å². The molecule has 0 radical (unpaired) electrons. The third-order valence-electron chi connectivity index (χ3n) is 4.28. The summed E-state index contributed by atoms with van der Waals surface area (Å²) in [5.41, 5.74) is -0.121. The molecule has 28 heavy (non-hydrogen) atoms. The van der Waals surface area contributed by atoms with Crippen LogP contribution >= 0.6 is 0 Å². The Morgan fingerprint density at radius 1 is 0.929 bits per heavy atom. The number of nitro groups is 1. The van der Waals surface area contributed by atoms with E-state index in [-0.39, 0.29) is 23.8 Å². The zero-order valence-corrected chi connectivity index (χ0v) is 16.7. The number of hydrogen-bond donors (Lipinski definition) is 0. The van der Waals surface area contributed by atoms with E-state index < -0.39 is 10.9 Å². The lowest BCUT2D eigenvalue weighted by molar-refractivity contribution is -0.384. The largest absolute Gasteiger partial charge is 0.466 e. The summed E-state index contributed by atoms with van der Waals surface area (Å²) in [4.78, 5) is 33.6.